The number of halogens is 2. The Kier molecular flexibility index (Phi) is 5.02. The highest BCUT2D eigenvalue weighted by Crippen LogP contribution is 2.42. The van der Waals surface area contributed by atoms with E-state index in [0.29, 0.717) is 12.8 Å². The molecule has 0 unspecified atom stereocenters. The van der Waals surface area contributed by atoms with Gasteiger partial charge >= 0.3 is 5.97 Å². The normalized spacial score (nSPS) is 15.6. The summed E-state index contributed by atoms with van der Waals surface area (Å²) in [6, 6.07) is 9.90. The Morgan fingerprint density at radius 1 is 1.04 bits per heavy atom. The zero-order valence-corrected chi connectivity index (χ0v) is 14.1. The lowest BCUT2D eigenvalue weighted by Crippen LogP contribution is -2.38. The fraction of sp³-hybridized carbons (Fsp3) is 0.300. The fourth-order valence-corrected chi connectivity index (χ4v) is 3.58. The molecule has 4 nitrogen and oxygen atoms in total. The number of carbonyl (C=O) groups is 2. The predicted molar refractivity (Wildman–Crippen MR) is 92.9 cm³/mol. The fourth-order valence-electron chi connectivity index (χ4n) is 3.58. The summed E-state index contributed by atoms with van der Waals surface area (Å²) in [5, 5.41) is 11.5. The number of aliphatic carboxylic acids is 1. The van der Waals surface area contributed by atoms with Crippen molar-refractivity contribution in [1.82, 2.24) is 0 Å². The van der Waals surface area contributed by atoms with E-state index < -0.39 is 23.6 Å². The Balaban J connectivity index is 1.84. The molecular weight excluding hydrogens is 340 g/mol. The summed E-state index contributed by atoms with van der Waals surface area (Å²) in [7, 11) is 0. The van der Waals surface area contributed by atoms with Gasteiger partial charge in [-0.1, -0.05) is 31.0 Å². The number of benzene rings is 2. The standard InChI is InChI=1S/C20H19F2NO3/c21-15-6-4-14(5-7-15)20(9-1-2-10-20)19(26)23-16-8-3-13(11-18(24)25)17(22)12-16/h3-8,12H,1-2,9-11H2,(H,23,26)(H,24,25). The molecule has 0 saturated heterocycles. The van der Waals surface area contributed by atoms with Crippen LogP contribution in [0.1, 0.15) is 36.8 Å². The van der Waals surface area contributed by atoms with Crippen molar-refractivity contribution in [2.75, 3.05) is 5.32 Å². The molecule has 0 spiro atoms. The molecule has 1 saturated carbocycles. The van der Waals surface area contributed by atoms with E-state index >= 15 is 0 Å². The van der Waals surface area contributed by atoms with Gasteiger partial charge in [0, 0.05) is 5.69 Å². The maximum atomic E-state index is 14.0. The van der Waals surface area contributed by atoms with Crippen LogP contribution >= 0.6 is 0 Å². The Labute approximate surface area is 149 Å². The molecule has 0 atom stereocenters. The van der Waals surface area contributed by atoms with Gasteiger partial charge in [-0.3, -0.25) is 9.59 Å². The van der Waals surface area contributed by atoms with E-state index in [-0.39, 0.29) is 23.0 Å². The molecule has 0 radical (unpaired) electrons. The highest BCUT2D eigenvalue weighted by molar-refractivity contribution is 5.99. The van der Waals surface area contributed by atoms with Crippen molar-refractivity contribution in [2.24, 2.45) is 0 Å². The maximum absolute atomic E-state index is 14.0. The number of nitrogens with one attached hydrogen (secondary N) is 1. The SMILES string of the molecule is O=C(O)Cc1ccc(NC(=O)C2(c3ccc(F)cc3)CCCC2)cc1F. The van der Waals surface area contributed by atoms with Gasteiger partial charge < -0.3 is 10.4 Å². The van der Waals surface area contributed by atoms with Crippen LogP contribution in [-0.2, 0) is 21.4 Å². The maximum Gasteiger partial charge on any atom is 0.307 e. The molecule has 0 heterocycles. The molecule has 136 valence electrons. The van der Waals surface area contributed by atoms with Crippen LogP contribution in [0.2, 0.25) is 0 Å². The van der Waals surface area contributed by atoms with Gasteiger partial charge in [0.2, 0.25) is 5.91 Å². The van der Waals surface area contributed by atoms with Gasteiger partial charge in [-0.05, 0) is 48.2 Å². The minimum atomic E-state index is -1.12. The Morgan fingerprint density at radius 3 is 2.27 bits per heavy atom. The third kappa shape index (κ3) is 3.59. The zero-order valence-electron chi connectivity index (χ0n) is 14.1. The number of carboxylic acid groups (broad SMARTS) is 1. The topological polar surface area (TPSA) is 66.4 Å². The van der Waals surface area contributed by atoms with Crippen LogP contribution in [0.4, 0.5) is 14.5 Å². The number of hydrogen-bond acceptors (Lipinski definition) is 2. The molecule has 0 aliphatic heterocycles. The van der Waals surface area contributed by atoms with Gasteiger partial charge in [-0.2, -0.15) is 0 Å². The molecule has 0 bridgehead atoms. The number of hydrogen-bond donors (Lipinski definition) is 2. The van der Waals surface area contributed by atoms with Gasteiger partial charge in [0.05, 0.1) is 11.8 Å². The highest BCUT2D eigenvalue weighted by Gasteiger charge is 2.42. The summed E-state index contributed by atoms with van der Waals surface area (Å²) >= 11 is 0. The minimum Gasteiger partial charge on any atom is -0.481 e. The summed E-state index contributed by atoms with van der Waals surface area (Å²) in [6.45, 7) is 0. The largest absolute Gasteiger partial charge is 0.481 e. The van der Waals surface area contributed by atoms with Crippen molar-refractivity contribution < 1.29 is 23.5 Å². The average Bonchev–Trinajstić information content (AvgIpc) is 3.09. The van der Waals surface area contributed by atoms with Crippen molar-refractivity contribution in [2.45, 2.75) is 37.5 Å². The molecule has 2 N–H and O–H groups in total. The number of amides is 1. The number of rotatable bonds is 5. The van der Waals surface area contributed by atoms with Crippen LogP contribution in [0.15, 0.2) is 42.5 Å². The number of anilines is 1. The summed E-state index contributed by atoms with van der Waals surface area (Å²) in [5.74, 6) is -2.42. The van der Waals surface area contributed by atoms with E-state index in [1.165, 1.54) is 24.3 Å². The van der Waals surface area contributed by atoms with E-state index in [1.54, 1.807) is 12.1 Å². The van der Waals surface area contributed by atoms with E-state index in [2.05, 4.69) is 5.32 Å². The van der Waals surface area contributed by atoms with Crippen molar-refractivity contribution in [3.05, 3.63) is 65.2 Å². The Bertz CT molecular complexity index is 827. The van der Waals surface area contributed by atoms with Gasteiger partial charge in [-0.25, -0.2) is 8.78 Å². The number of carbonyl (C=O) groups excluding carboxylic acids is 1. The summed E-state index contributed by atoms with van der Waals surface area (Å²) in [6.07, 6.45) is 2.64. The molecule has 1 amide bonds. The minimum absolute atomic E-state index is 0.0598. The second-order valence-electron chi connectivity index (χ2n) is 6.63. The molecule has 1 fully saturated rings. The van der Waals surface area contributed by atoms with Crippen molar-refractivity contribution >= 4 is 17.6 Å². The molecule has 6 heteroatoms. The third-order valence-corrected chi connectivity index (χ3v) is 4.94. The molecule has 2 aromatic carbocycles. The van der Waals surface area contributed by atoms with Crippen LogP contribution < -0.4 is 5.32 Å². The third-order valence-electron chi connectivity index (χ3n) is 4.94. The number of carboxylic acids is 1. The molecule has 1 aliphatic carbocycles. The van der Waals surface area contributed by atoms with E-state index in [4.69, 9.17) is 5.11 Å². The second kappa shape index (κ2) is 7.23. The first-order valence-corrected chi connectivity index (χ1v) is 8.48. The van der Waals surface area contributed by atoms with Crippen LogP contribution in [-0.4, -0.2) is 17.0 Å². The lowest BCUT2D eigenvalue weighted by Gasteiger charge is -2.28. The Hall–Kier alpha value is -2.76. The van der Waals surface area contributed by atoms with E-state index in [9.17, 15) is 18.4 Å². The van der Waals surface area contributed by atoms with Gasteiger partial charge in [0.25, 0.3) is 0 Å². The first kappa shape index (κ1) is 18.0. The molecule has 3 rings (SSSR count). The zero-order chi connectivity index (χ0) is 18.7. The first-order valence-electron chi connectivity index (χ1n) is 8.48. The van der Waals surface area contributed by atoms with E-state index in [1.807, 2.05) is 0 Å². The van der Waals surface area contributed by atoms with Crippen LogP contribution in [0.3, 0.4) is 0 Å². The molecule has 2 aromatic rings. The van der Waals surface area contributed by atoms with Gasteiger partial charge in [-0.15, -0.1) is 0 Å². The van der Waals surface area contributed by atoms with Gasteiger partial charge in [0.1, 0.15) is 11.6 Å². The molecule has 0 aromatic heterocycles. The van der Waals surface area contributed by atoms with Crippen LogP contribution in [0.25, 0.3) is 0 Å². The monoisotopic (exact) mass is 359 g/mol. The summed E-state index contributed by atoms with van der Waals surface area (Å²) < 4.78 is 27.3. The molecular formula is C20H19F2NO3. The Morgan fingerprint density at radius 2 is 1.69 bits per heavy atom. The van der Waals surface area contributed by atoms with Crippen LogP contribution in [0.5, 0.6) is 0 Å². The molecule has 1 aliphatic rings. The van der Waals surface area contributed by atoms with E-state index in [0.717, 1.165) is 24.5 Å². The quantitative estimate of drug-likeness (QED) is 0.847. The van der Waals surface area contributed by atoms with Gasteiger partial charge in [0.15, 0.2) is 0 Å². The van der Waals surface area contributed by atoms with Crippen LogP contribution in [0, 0.1) is 11.6 Å². The molecule has 26 heavy (non-hydrogen) atoms. The van der Waals surface area contributed by atoms with Crippen molar-refractivity contribution in [3.8, 4) is 0 Å². The lowest BCUT2D eigenvalue weighted by molar-refractivity contribution is -0.136. The smallest absolute Gasteiger partial charge is 0.307 e. The average molecular weight is 359 g/mol. The first-order chi connectivity index (χ1) is 12.4. The lowest BCUT2D eigenvalue weighted by atomic mass is 9.78. The second-order valence-corrected chi connectivity index (χ2v) is 6.63. The predicted octanol–water partition coefficient (Wildman–Crippen LogP) is 4.04. The summed E-state index contributed by atoms with van der Waals surface area (Å²) in [4.78, 5) is 23.7. The van der Waals surface area contributed by atoms with Crippen molar-refractivity contribution in [1.29, 1.82) is 0 Å². The highest BCUT2D eigenvalue weighted by atomic mass is 19.1. The van der Waals surface area contributed by atoms with Crippen molar-refractivity contribution in [3.63, 3.8) is 0 Å². The summed E-state index contributed by atoms with van der Waals surface area (Å²) in [5.41, 5.74) is 0.320.